The summed E-state index contributed by atoms with van der Waals surface area (Å²) in [5.74, 6) is -0.961. The van der Waals surface area contributed by atoms with Crippen LogP contribution in [0.3, 0.4) is 0 Å². The molecule has 0 saturated heterocycles. The number of amides is 1. The monoisotopic (exact) mass is 464 g/mol. The number of hydrogen-bond acceptors (Lipinski definition) is 8. The fourth-order valence-corrected chi connectivity index (χ4v) is 4.44. The largest absolute Gasteiger partial charge is 0.347 e. The van der Waals surface area contributed by atoms with Gasteiger partial charge in [0.1, 0.15) is 0 Å². The van der Waals surface area contributed by atoms with Gasteiger partial charge in [-0.1, -0.05) is 35.5 Å². The second-order valence-corrected chi connectivity index (χ2v) is 10.3. The molecule has 0 aliphatic rings. The highest BCUT2D eigenvalue weighted by atomic mass is 32.2. The molecule has 0 bridgehead atoms. The van der Waals surface area contributed by atoms with E-state index in [2.05, 4.69) is 15.5 Å². The lowest BCUT2D eigenvalue weighted by atomic mass is 10.1. The van der Waals surface area contributed by atoms with E-state index in [0.29, 0.717) is 6.42 Å². The summed E-state index contributed by atoms with van der Waals surface area (Å²) in [7, 11) is -7.25. The Bertz CT molecular complexity index is 1250. The first kappa shape index (κ1) is 22.6. The molecule has 31 heavy (non-hydrogen) atoms. The van der Waals surface area contributed by atoms with Gasteiger partial charge in [0.25, 0.3) is 0 Å². The molecule has 1 amide bonds. The molecular formula is C19H20N4O6S2. The number of hydrogen-bond donors (Lipinski definition) is 2. The van der Waals surface area contributed by atoms with Gasteiger partial charge in [0.15, 0.2) is 15.7 Å². The van der Waals surface area contributed by atoms with E-state index in [-0.39, 0.29) is 40.2 Å². The number of nitrogens with one attached hydrogen (secondary N) is 1. The van der Waals surface area contributed by atoms with Crippen molar-refractivity contribution in [2.75, 3.05) is 12.3 Å². The SMILES string of the molecule is NS(=O)(=O)c1ccc(CCNC(=O)c2nc(CCS(=O)(=O)c3ccccc3)no2)cc1. The molecule has 0 aliphatic heterocycles. The lowest BCUT2D eigenvalue weighted by Crippen LogP contribution is -2.26. The molecule has 12 heteroatoms. The van der Waals surface area contributed by atoms with Crippen LogP contribution in [0.5, 0.6) is 0 Å². The van der Waals surface area contributed by atoms with Gasteiger partial charge in [0.2, 0.25) is 10.0 Å². The molecule has 10 nitrogen and oxygen atoms in total. The number of rotatable bonds is 9. The van der Waals surface area contributed by atoms with E-state index in [4.69, 9.17) is 9.66 Å². The normalized spacial score (nSPS) is 11.9. The number of nitrogens with zero attached hydrogens (tertiary/aromatic N) is 2. The van der Waals surface area contributed by atoms with Crippen LogP contribution in [0.4, 0.5) is 0 Å². The summed E-state index contributed by atoms with van der Waals surface area (Å²) in [5, 5.41) is 11.3. The molecule has 164 valence electrons. The molecule has 3 aromatic rings. The Morgan fingerprint density at radius 1 is 0.935 bits per heavy atom. The van der Waals surface area contributed by atoms with E-state index in [1.807, 2.05) is 0 Å². The van der Waals surface area contributed by atoms with E-state index in [1.54, 1.807) is 30.3 Å². The first-order valence-corrected chi connectivity index (χ1v) is 12.4. The number of sulfone groups is 1. The van der Waals surface area contributed by atoms with Gasteiger partial charge in [-0.25, -0.2) is 22.0 Å². The number of primary sulfonamides is 1. The standard InChI is InChI=1S/C19H20N4O6S2/c20-31(27,28)16-8-6-14(7-9-16)10-12-21-18(24)19-22-17(23-29-19)11-13-30(25,26)15-4-2-1-3-5-15/h1-9H,10-13H2,(H,21,24)(H2,20,27,28). The van der Waals surface area contributed by atoms with Gasteiger partial charge in [0.05, 0.1) is 15.5 Å². The van der Waals surface area contributed by atoms with Crippen LogP contribution in [-0.4, -0.2) is 45.2 Å². The predicted molar refractivity (Wildman–Crippen MR) is 110 cm³/mol. The van der Waals surface area contributed by atoms with E-state index in [9.17, 15) is 21.6 Å². The van der Waals surface area contributed by atoms with Crippen LogP contribution in [0, 0.1) is 0 Å². The Kier molecular flexibility index (Phi) is 6.83. The van der Waals surface area contributed by atoms with Gasteiger partial charge in [-0.15, -0.1) is 0 Å². The second-order valence-electron chi connectivity index (χ2n) is 6.59. The zero-order chi connectivity index (χ0) is 22.5. The first-order chi connectivity index (χ1) is 14.6. The summed E-state index contributed by atoms with van der Waals surface area (Å²) in [6.45, 7) is 0.244. The van der Waals surface area contributed by atoms with Crippen molar-refractivity contribution in [1.29, 1.82) is 0 Å². The van der Waals surface area contributed by atoms with Gasteiger partial charge in [-0.2, -0.15) is 4.98 Å². The van der Waals surface area contributed by atoms with E-state index >= 15 is 0 Å². The van der Waals surface area contributed by atoms with Crippen molar-refractivity contribution in [3.8, 4) is 0 Å². The average molecular weight is 465 g/mol. The number of carbonyl (C=O) groups excluding carboxylic acids is 1. The molecule has 0 unspecified atom stereocenters. The maximum Gasteiger partial charge on any atom is 0.315 e. The van der Waals surface area contributed by atoms with Crippen molar-refractivity contribution >= 4 is 25.8 Å². The number of carbonyl (C=O) groups is 1. The molecule has 1 aromatic heterocycles. The minimum Gasteiger partial charge on any atom is -0.347 e. The molecule has 0 spiro atoms. The molecule has 0 saturated carbocycles. The van der Waals surface area contributed by atoms with Gasteiger partial charge >= 0.3 is 11.8 Å². The van der Waals surface area contributed by atoms with Crippen LogP contribution in [-0.2, 0) is 32.7 Å². The molecular weight excluding hydrogens is 444 g/mol. The number of sulfonamides is 1. The summed E-state index contributed by atoms with van der Waals surface area (Å²) in [4.78, 5) is 16.3. The Morgan fingerprint density at radius 3 is 2.26 bits per heavy atom. The number of benzene rings is 2. The topological polar surface area (TPSA) is 162 Å². The zero-order valence-corrected chi connectivity index (χ0v) is 17.9. The molecule has 3 rings (SSSR count). The fourth-order valence-electron chi connectivity index (χ4n) is 2.66. The van der Waals surface area contributed by atoms with Gasteiger partial charge in [-0.3, -0.25) is 4.79 Å². The third-order valence-electron chi connectivity index (χ3n) is 4.31. The highest BCUT2D eigenvalue weighted by molar-refractivity contribution is 7.91. The Morgan fingerprint density at radius 2 is 1.61 bits per heavy atom. The minimum absolute atomic E-state index is 0.00437. The number of aromatic nitrogens is 2. The number of nitrogens with two attached hydrogens (primary N) is 1. The third kappa shape index (κ3) is 6.20. The highest BCUT2D eigenvalue weighted by Gasteiger charge is 2.18. The molecule has 1 heterocycles. The van der Waals surface area contributed by atoms with E-state index in [0.717, 1.165) is 5.56 Å². The van der Waals surface area contributed by atoms with Crippen LogP contribution in [0.15, 0.2) is 68.9 Å². The van der Waals surface area contributed by atoms with Crippen molar-refractivity contribution in [2.24, 2.45) is 5.14 Å². The van der Waals surface area contributed by atoms with Crippen molar-refractivity contribution < 1.29 is 26.2 Å². The number of aryl methyl sites for hydroxylation is 1. The Hall–Kier alpha value is -3.09. The highest BCUT2D eigenvalue weighted by Crippen LogP contribution is 2.12. The fraction of sp³-hybridized carbons (Fsp3) is 0.211. The molecule has 0 radical (unpaired) electrons. The van der Waals surface area contributed by atoms with E-state index < -0.39 is 25.8 Å². The molecule has 0 atom stereocenters. The third-order valence-corrected chi connectivity index (χ3v) is 6.97. The van der Waals surface area contributed by atoms with Crippen molar-refractivity contribution in [3.05, 3.63) is 71.9 Å². The maximum atomic E-state index is 12.3. The minimum atomic E-state index is -3.75. The van der Waals surface area contributed by atoms with Crippen molar-refractivity contribution in [2.45, 2.75) is 22.6 Å². The van der Waals surface area contributed by atoms with Crippen LogP contribution in [0.25, 0.3) is 0 Å². The van der Waals surface area contributed by atoms with Crippen LogP contribution < -0.4 is 10.5 Å². The lowest BCUT2D eigenvalue weighted by Gasteiger charge is -2.04. The maximum absolute atomic E-state index is 12.3. The quantitative estimate of drug-likeness (QED) is 0.468. The second kappa shape index (κ2) is 9.37. The summed E-state index contributed by atoms with van der Waals surface area (Å²) in [6, 6.07) is 14.0. The van der Waals surface area contributed by atoms with Crippen molar-refractivity contribution in [1.82, 2.24) is 15.5 Å². The molecule has 0 fully saturated rings. The predicted octanol–water partition coefficient (Wildman–Crippen LogP) is 0.706. The molecule has 3 N–H and O–H groups in total. The van der Waals surface area contributed by atoms with Gasteiger partial charge < -0.3 is 9.84 Å². The Balaban J connectivity index is 1.50. The first-order valence-electron chi connectivity index (χ1n) is 9.15. The summed E-state index contributed by atoms with van der Waals surface area (Å²) in [5.41, 5.74) is 0.796. The van der Waals surface area contributed by atoms with Gasteiger partial charge in [-0.05, 0) is 36.2 Å². The molecule has 2 aromatic carbocycles. The Labute approximate surface area is 179 Å². The zero-order valence-electron chi connectivity index (χ0n) is 16.3. The summed E-state index contributed by atoms with van der Waals surface area (Å²) < 4.78 is 52.0. The summed E-state index contributed by atoms with van der Waals surface area (Å²) >= 11 is 0. The van der Waals surface area contributed by atoms with E-state index in [1.165, 1.54) is 24.3 Å². The average Bonchev–Trinajstić information content (AvgIpc) is 3.22. The summed E-state index contributed by atoms with van der Waals surface area (Å²) in [6.07, 6.45) is 0.442. The smallest absolute Gasteiger partial charge is 0.315 e. The van der Waals surface area contributed by atoms with Crippen LogP contribution >= 0.6 is 0 Å². The van der Waals surface area contributed by atoms with Crippen LogP contribution in [0.1, 0.15) is 22.1 Å². The van der Waals surface area contributed by atoms with Gasteiger partial charge in [0, 0.05) is 13.0 Å². The molecule has 0 aliphatic carbocycles. The van der Waals surface area contributed by atoms with Crippen molar-refractivity contribution in [3.63, 3.8) is 0 Å². The van der Waals surface area contributed by atoms with Crippen LogP contribution in [0.2, 0.25) is 0 Å². The lowest BCUT2D eigenvalue weighted by molar-refractivity contribution is 0.0910.